The van der Waals surface area contributed by atoms with Crippen LogP contribution in [0.25, 0.3) is 10.8 Å². The van der Waals surface area contributed by atoms with Gasteiger partial charge in [0.05, 0.1) is 19.8 Å². The number of nitrogens with zero attached hydrogens (tertiary/aromatic N) is 1. The molecular weight excluding hydrogens is 376 g/mol. The molecule has 1 aliphatic rings. The molecule has 1 heterocycles. The van der Waals surface area contributed by atoms with E-state index in [2.05, 4.69) is 0 Å². The third-order valence-electron chi connectivity index (χ3n) is 6.04. The highest BCUT2D eigenvalue weighted by Gasteiger charge is 2.19. The number of fused-ring (bicyclic) bond motifs is 1. The summed E-state index contributed by atoms with van der Waals surface area (Å²) in [6.45, 7) is 2.54. The minimum absolute atomic E-state index is 0.0124. The fraction of sp³-hybridized carbons (Fsp3) is 0.400. The van der Waals surface area contributed by atoms with Crippen LogP contribution in [0.2, 0.25) is 0 Å². The summed E-state index contributed by atoms with van der Waals surface area (Å²) in [5.74, 6) is 1.68. The number of aryl methyl sites for hydroxylation is 1. The van der Waals surface area contributed by atoms with Gasteiger partial charge in [0.15, 0.2) is 0 Å². The molecule has 1 aliphatic carbocycles. The highest BCUT2D eigenvalue weighted by Crippen LogP contribution is 2.28. The zero-order valence-corrected chi connectivity index (χ0v) is 17.8. The predicted molar refractivity (Wildman–Crippen MR) is 121 cm³/mol. The lowest BCUT2D eigenvalue weighted by atomic mass is 10.1. The SMILES string of the molecule is COc1ccc(Cn2ccc3cc(OC4CCCC(N)CC4)c(C)cc3c2=O)cc1. The van der Waals surface area contributed by atoms with Crippen molar-refractivity contribution in [3.05, 3.63) is 70.1 Å². The summed E-state index contributed by atoms with van der Waals surface area (Å²) >= 11 is 0. The van der Waals surface area contributed by atoms with Gasteiger partial charge in [0, 0.05) is 17.6 Å². The minimum Gasteiger partial charge on any atom is -0.497 e. The van der Waals surface area contributed by atoms with Crippen molar-refractivity contribution in [1.29, 1.82) is 0 Å². The van der Waals surface area contributed by atoms with Gasteiger partial charge in [-0.05, 0) is 85.9 Å². The molecule has 1 aromatic heterocycles. The van der Waals surface area contributed by atoms with Crippen molar-refractivity contribution in [2.45, 2.75) is 57.7 Å². The van der Waals surface area contributed by atoms with Crippen molar-refractivity contribution < 1.29 is 9.47 Å². The van der Waals surface area contributed by atoms with Gasteiger partial charge in [-0.2, -0.15) is 0 Å². The highest BCUT2D eigenvalue weighted by atomic mass is 16.5. The molecule has 0 radical (unpaired) electrons. The molecule has 2 atom stereocenters. The second-order valence-electron chi connectivity index (χ2n) is 8.31. The second kappa shape index (κ2) is 8.92. The zero-order chi connectivity index (χ0) is 21.1. The first-order valence-electron chi connectivity index (χ1n) is 10.7. The molecule has 1 fully saturated rings. The molecule has 0 saturated heterocycles. The van der Waals surface area contributed by atoms with Gasteiger partial charge in [-0.15, -0.1) is 0 Å². The third kappa shape index (κ3) is 4.51. The molecule has 4 rings (SSSR count). The summed E-state index contributed by atoms with van der Waals surface area (Å²) in [5, 5.41) is 1.63. The molecule has 5 heteroatoms. The first-order chi connectivity index (χ1) is 14.5. The van der Waals surface area contributed by atoms with Crippen LogP contribution in [-0.4, -0.2) is 23.8 Å². The number of hydrogen-bond donors (Lipinski definition) is 1. The van der Waals surface area contributed by atoms with Crippen molar-refractivity contribution >= 4 is 10.8 Å². The van der Waals surface area contributed by atoms with Crippen molar-refractivity contribution in [3.63, 3.8) is 0 Å². The van der Waals surface area contributed by atoms with Crippen LogP contribution in [-0.2, 0) is 6.54 Å². The molecule has 30 heavy (non-hydrogen) atoms. The average molecular weight is 407 g/mol. The number of methoxy groups -OCH3 is 1. The number of pyridine rings is 1. The zero-order valence-electron chi connectivity index (χ0n) is 17.8. The summed E-state index contributed by atoms with van der Waals surface area (Å²) in [6.07, 6.45) is 7.27. The maximum absolute atomic E-state index is 13.1. The molecule has 5 nitrogen and oxygen atoms in total. The van der Waals surface area contributed by atoms with E-state index in [1.54, 1.807) is 11.7 Å². The Morgan fingerprint density at radius 2 is 1.87 bits per heavy atom. The average Bonchev–Trinajstić information content (AvgIpc) is 2.96. The molecule has 158 valence electrons. The van der Waals surface area contributed by atoms with E-state index in [4.69, 9.17) is 15.2 Å². The van der Waals surface area contributed by atoms with Gasteiger partial charge < -0.3 is 19.8 Å². The standard InChI is InChI=1S/C25H30N2O3/c1-17-14-23-19(15-24(17)30-22-5-3-4-20(26)8-11-22)12-13-27(25(23)28)16-18-6-9-21(29-2)10-7-18/h6-7,9-10,12-15,20,22H,3-5,8,11,16,26H2,1-2H3. The molecule has 0 bridgehead atoms. The van der Waals surface area contributed by atoms with E-state index >= 15 is 0 Å². The highest BCUT2D eigenvalue weighted by molar-refractivity contribution is 5.84. The maximum Gasteiger partial charge on any atom is 0.258 e. The lowest BCUT2D eigenvalue weighted by molar-refractivity contribution is 0.182. The van der Waals surface area contributed by atoms with Gasteiger partial charge in [0.25, 0.3) is 5.56 Å². The van der Waals surface area contributed by atoms with E-state index in [1.807, 2.05) is 55.6 Å². The van der Waals surface area contributed by atoms with Crippen molar-refractivity contribution in [2.75, 3.05) is 7.11 Å². The normalized spacial score (nSPS) is 19.4. The van der Waals surface area contributed by atoms with Crippen molar-refractivity contribution in [3.8, 4) is 11.5 Å². The Bertz CT molecular complexity index is 1070. The molecule has 2 N–H and O–H groups in total. The quantitative estimate of drug-likeness (QED) is 0.638. The largest absolute Gasteiger partial charge is 0.497 e. The van der Waals surface area contributed by atoms with E-state index in [9.17, 15) is 4.79 Å². The third-order valence-corrected chi connectivity index (χ3v) is 6.04. The van der Waals surface area contributed by atoms with Crippen LogP contribution in [0.3, 0.4) is 0 Å². The van der Waals surface area contributed by atoms with Gasteiger partial charge >= 0.3 is 0 Å². The first kappa shape index (κ1) is 20.5. The monoisotopic (exact) mass is 406 g/mol. The van der Waals surface area contributed by atoms with Crippen LogP contribution in [0.1, 0.15) is 43.2 Å². The molecule has 3 aromatic rings. The number of rotatable bonds is 5. The number of hydrogen-bond acceptors (Lipinski definition) is 4. The molecule has 2 aromatic carbocycles. The van der Waals surface area contributed by atoms with Gasteiger partial charge in [0.2, 0.25) is 0 Å². The summed E-state index contributed by atoms with van der Waals surface area (Å²) in [5.41, 5.74) is 8.16. The minimum atomic E-state index is 0.0124. The van der Waals surface area contributed by atoms with Gasteiger partial charge in [-0.25, -0.2) is 0 Å². The Kier molecular flexibility index (Phi) is 6.09. The molecule has 1 saturated carbocycles. The lowest BCUT2D eigenvalue weighted by Crippen LogP contribution is -2.21. The molecule has 0 spiro atoms. The summed E-state index contributed by atoms with van der Waals surface area (Å²) in [4.78, 5) is 13.1. The molecule has 0 aliphatic heterocycles. The maximum atomic E-state index is 13.1. The van der Waals surface area contributed by atoms with E-state index in [0.29, 0.717) is 12.6 Å². The van der Waals surface area contributed by atoms with Crippen LogP contribution in [0.4, 0.5) is 0 Å². The molecule has 0 amide bonds. The predicted octanol–water partition coefficient (Wildman–Crippen LogP) is 4.41. The van der Waals surface area contributed by atoms with E-state index < -0.39 is 0 Å². The van der Waals surface area contributed by atoms with Crippen molar-refractivity contribution in [1.82, 2.24) is 4.57 Å². The fourth-order valence-electron chi connectivity index (χ4n) is 4.19. The van der Waals surface area contributed by atoms with Gasteiger partial charge in [-0.3, -0.25) is 4.79 Å². The Hall–Kier alpha value is -2.79. The topological polar surface area (TPSA) is 66.5 Å². The Morgan fingerprint density at radius 1 is 1.07 bits per heavy atom. The summed E-state index contributed by atoms with van der Waals surface area (Å²) < 4.78 is 13.3. The number of nitrogens with two attached hydrogens (primary N) is 1. The summed E-state index contributed by atoms with van der Waals surface area (Å²) in [7, 11) is 1.65. The Morgan fingerprint density at radius 3 is 2.63 bits per heavy atom. The first-order valence-corrected chi connectivity index (χ1v) is 10.7. The van der Waals surface area contributed by atoms with Crippen LogP contribution in [0.15, 0.2) is 53.5 Å². The second-order valence-corrected chi connectivity index (χ2v) is 8.31. The van der Waals surface area contributed by atoms with E-state index in [0.717, 1.165) is 65.5 Å². The van der Waals surface area contributed by atoms with Crippen molar-refractivity contribution in [2.24, 2.45) is 5.73 Å². The molecular formula is C25H30N2O3. The smallest absolute Gasteiger partial charge is 0.258 e. The Balaban J connectivity index is 1.57. The van der Waals surface area contributed by atoms with E-state index in [-0.39, 0.29) is 11.7 Å². The van der Waals surface area contributed by atoms with Crippen LogP contribution in [0, 0.1) is 6.92 Å². The summed E-state index contributed by atoms with van der Waals surface area (Å²) in [6, 6.07) is 14.0. The fourth-order valence-corrected chi connectivity index (χ4v) is 4.19. The van der Waals surface area contributed by atoms with Gasteiger partial charge in [-0.1, -0.05) is 12.1 Å². The Labute approximate surface area is 177 Å². The van der Waals surface area contributed by atoms with Gasteiger partial charge in [0.1, 0.15) is 11.5 Å². The van der Waals surface area contributed by atoms with Crippen LogP contribution >= 0.6 is 0 Å². The van der Waals surface area contributed by atoms with Crippen LogP contribution < -0.4 is 20.8 Å². The molecule has 2 unspecified atom stereocenters. The lowest BCUT2D eigenvalue weighted by Gasteiger charge is -2.19. The van der Waals surface area contributed by atoms with E-state index in [1.165, 1.54) is 0 Å². The number of aromatic nitrogens is 1. The number of ether oxygens (including phenoxy) is 2. The number of benzene rings is 2. The van der Waals surface area contributed by atoms with Crippen LogP contribution in [0.5, 0.6) is 11.5 Å².